The SMILES string of the molecule is CS(=O)(=O)Nc1ccc(-c2csc(NC(=O)c3cc(Br)ccc3Cl)n2)cc1. The molecule has 1 aromatic heterocycles. The maximum atomic E-state index is 12.4. The molecule has 0 aliphatic carbocycles. The summed E-state index contributed by atoms with van der Waals surface area (Å²) in [5.41, 5.74) is 2.28. The van der Waals surface area contributed by atoms with Crippen molar-refractivity contribution in [3.05, 3.63) is 62.9 Å². The van der Waals surface area contributed by atoms with Crippen molar-refractivity contribution in [3.8, 4) is 11.3 Å². The van der Waals surface area contributed by atoms with Gasteiger partial charge < -0.3 is 0 Å². The predicted octanol–water partition coefficient (Wildman–Crippen LogP) is 4.85. The van der Waals surface area contributed by atoms with Crippen LogP contribution in [0.1, 0.15) is 10.4 Å². The van der Waals surface area contributed by atoms with Crippen molar-refractivity contribution in [2.75, 3.05) is 16.3 Å². The highest BCUT2D eigenvalue weighted by molar-refractivity contribution is 9.10. The quantitative estimate of drug-likeness (QED) is 0.539. The van der Waals surface area contributed by atoms with Crippen molar-refractivity contribution >= 4 is 65.6 Å². The molecule has 0 aliphatic heterocycles. The van der Waals surface area contributed by atoms with E-state index in [1.165, 1.54) is 11.3 Å². The molecule has 0 aliphatic rings. The minimum Gasteiger partial charge on any atom is -0.298 e. The highest BCUT2D eigenvalue weighted by atomic mass is 79.9. The Bertz CT molecular complexity index is 1100. The number of amides is 1. The van der Waals surface area contributed by atoms with Gasteiger partial charge in [0.05, 0.1) is 22.5 Å². The first kappa shape index (κ1) is 19.8. The summed E-state index contributed by atoms with van der Waals surface area (Å²) < 4.78 is 25.6. The molecule has 0 spiro atoms. The van der Waals surface area contributed by atoms with E-state index in [9.17, 15) is 13.2 Å². The minimum absolute atomic E-state index is 0.346. The molecule has 27 heavy (non-hydrogen) atoms. The Morgan fingerprint density at radius 2 is 1.89 bits per heavy atom. The fourth-order valence-corrected chi connectivity index (χ4v) is 4.07. The fourth-order valence-electron chi connectivity index (χ4n) is 2.22. The molecule has 6 nitrogen and oxygen atoms in total. The van der Waals surface area contributed by atoms with Crippen molar-refractivity contribution in [2.24, 2.45) is 0 Å². The van der Waals surface area contributed by atoms with Crippen LogP contribution in [0, 0.1) is 0 Å². The molecule has 1 amide bonds. The summed E-state index contributed by atoms with van der Waals surface area (Å²) in [5.74, 6) is -0.352. The van der Waals surface area contributed by atoms with Crippen molar-refractivity contribution in [1.29, 1.82) is 0 Å². The van der Waals surface area contributed by atoms with Gasteiger partial charge in [0.2, 0.25) is 10.0 Å². The van der Waals surface area contributed by atoms with Gasteiger partial charge >= 0.3 is 0 Å². The summed E-state index contributed by atoms with van der Waals surface area (Å²) in [5, 5.41) is 5.32. The summed E-state index contributed by atoms with van der Waals surface area (Å²) in [6, 6.07) is 11.8. The van der Waals surface area contributed by atoms with Crippen LogP contribution in [-0.4, -0.2) is 25.6 Å². The van der Waals surface area contributed by atoms with Crippen molar-refractivity contribution in [2.45, 2.75) is 0 Å². The van der Waals surface area contributed by atoms with E-state index in [2.05, 4.69) is 31.0 Å². The maximum absolute atomic E-state index is 12.4. The first-order chi connectivity index (χ1) is 12.7. The van der Waals surface area contributed by atoms with E-state index in [1.54, 1.807) is 47.8 Å². The number of carbonyl (C=O) groups is 1. The monoisotopic (exact) mass is 485 g/mol. The van der Waals surface area contributed by atoms with Gasteiger partial charge in [0.1, 0.15) is 0 Å². The lowest BCUT2D eigenvalue weighted by Crippen LogP contribution is -2.12. The molecule has 0 unspecified atom stereocenters. The van der Waals surface area contributed by atoms with Gasteiger partial charge in [-0.05, 0) is 30.3 Å². The van der Waals surface area contributed by atoms with E-state index in [-0.39, 0.29) is 5.91 Å². The highest BCUT2D eigenvalue weighted by Crippen LogP contribution is 2.27. The number of anilines is 2. The largest absolute Gasteiger partial charge is 0.298 e. The third kappa shape index (κ3) is 5.29. The van der Waals surface area contributed by atoms with E-state index >= 15 is 0 Å². The minimum atomic E-state index is -3.32. The van der Waals surface area contributed by atoms with Crippen molar-refractivity contribution < 1.29 is 13.2 Å². The van der Waals surface area contributed by atoms with Crippen LogP contribution in [0.25, 0.3) is 11.3 Å². The number of sulfonamides is 1. The number of nitrogens with zero attached hydrogens (tertiary/aromatic N) is 1. The van der Waals surface area contributed by atoms with Gasteiger partial charge in [-0.3, -0.25) is 14.8 Å². The summed E-state index contributed by atoms with van der Waals surface area (Å²) in [7, 11) is -3.32. The van der Waals surface area contributed by atoms with Crippen LogP contribution in [-0.2, 0) is 10.0 Å². The molecule has 140 valence electrons. The van der Waals surface area contributed by atoms with Crippen molar-refractivity contribution in [1.82, 2.24) is 4.98 Å². The zero-order valence-electron chi connectivity index (χ0n) is 13.9. The first-order valence-corrected chi connectivity index (χ1v) is 11.5. The molecule has 2 N–H and O–H groups in total. The summed E-state index contributed by atoms with van der Waals surface area (Å²) >= 11 is 10.7. The standard InChI is InChI=1S/C17H13BrClN3O3S2/c1-27(24,25)22-12-5-2-10(3-6-12)15-9-26-17(20-15)21-16(23)13-8-11(18)4-7-14(13)19/h2-9,22H,1H3,(H,20,21,23). The number of thiazole rings is 1. The number of rotatable bonds is 5. The number of hydrogen-bond donors (Lipinski definition) is 2. The Kier molecular flexibility index (Phi) is 5.85. The van der Waals surface area contributed by atoms with Gasteiger partial charge in [0.25, 0.3) is 5.91 Å². The third-order valence-electron chi connectivity index (χ3n) is 3.38. The van der Waals surface area contributed by atoms with Gasteiger partial charge in [-0.25, -0.2) is 13.4 Å². The third-order valence-corrected chi connectivity index (χ3v) is 5.57. The first-order valence-electron chi connectivity index (χ1n) is 7.51. The van der Waals surface area contributed by atoms with Gasteiger partial charge in [-0.15, -0.1) is 11.3 Å². The molecule has 0 fully saturated rings. The van der Waals surface area contributed by atoms with Gasteiger partial charge in [0, 0.05) is 21.1 Å². The smallest absolute Gasteiger partial charge is 0.258 e. The van der Waals surface area contributed by atoms with Crippen LogP contribution in [0.2, 0.25) is 5.02 Å². The van der Waals surface area contributed by atoms with Gasteiger partial charge in [0.15, 0.2) is 5.13 Å². The van der Waals surface area contributed by atoms with Gasteiger partial charge in [-0.2, -0.15) is 0 Å². The Morgan fingerprint density at radius 1 is 1.19 bits per heavy atom. The van der Waals surface area contributed by atoms with Crippen LogP contribution < -0.4 is 10.0 Å². The lowest BCUT2D eigenvalue weighted by molar-refractivity contribution is 0.102. The molecular formula is C17H13BrClN3O3S2. The lowest BCUT2D eigenvalue weighted by atomic mass is 10.1. The van der Waals surface area contributed by atoms with E-state index in [0.717, 1.165) is 16.3 Å². The molecule has 10 heteroatoms. The molecule has 3 rings (SSSR count). The summed E-state index contributed by atoms with van der Waals surface area (Å²) in [4.78, 5) is 16.8. The lowest BCUT2D eigenvalue weighted by Gasteiger charge is -2.05. The van der Waals surface area contributed by atoms with E-state index in [1.807, 2.05) is 0 Å². The second kappa shape index (κ2) is 7.97. The Labute approximate surface area is 173 Å². The Morgan fingerprint density at radius 3 is 2.56 bits per heavy atom. The summed E-state index contributed by atoms with van der Waals surface area (Å²) in [6.45, 7) is 0. The second-order valence-corrected chi connectivity index (χ2v) is 9.50. The molecule has 0 radical (unpaired) electrons. The van der Waals surface area contributed by atoms with Crippen LogP contribution in [0.4, 0.5) is 10.8 Å². The van der Waals surface area contributed by atoms with E-state index < -0.39 is 10.0 Å². The molecule has 3 aromatic rings. The maximum Gasteiger partial charge on any atom is 0.258 e. The molecular weight excluding hydrogens is 474 g/mol. The average molecular weight is 487 g/mol. The molecule has 0 saturated carbocycles. The molecule has 2 aromatic carbocycles. The topological polar surface area (TPSA) is 88.2 Å². The Balaban J connectivity index is 1.75. The number of benzene rings is 2. The van der Waals surface area contributed by atoms with Crippen molar-refractivity contribution in [3.63, 3.8) is 0 Å². The van der Waals surface area contributed by atoms with Crippen LogP contribution in [0.3, 0.4) is 0 Å². The zero-order chi connectivity index (χ0) is 19.6. The normalized spacial score (nSPS) is 11.2. The molecule has 0 saturated heterocycles. The Hall–Kier alpha value is -1.94. The second-order valence-electron chi connectivity index (χ2n) is 5.57. The fraction of sp³-hybridized carbons (Fsp3) is 0.0588. The number of nitrogens with one attached hydrogen (secondary N) is 2. The molecule has 0 bridgehead atoms. The number of aromatic nitrogens is 1. The number of hydrogen-bond acceptors (Lipinski definition) is 5. The number of halogens is 2. The zero-order valence-corrected chi connectivity index (χ0v) is 17.8. The van der Waals surface area contributed by atoms with Gasteiger partial charge in [-0.1, -0.05) is 39.7 Å². The van der Waals surface area contributed by atoms with Crippen LogP contribution in [0.5, 0.6) is 0 Å². The molecule has 1 heterocycles. The van der Waals surface area contributed by atoms with E-state index in [0.29, 0.717) is 27.1 Å². The highest BCUT2D eigenvalue weighted by Gasteiger charge is 2.14. The van der Waals surface area contributed by atoms with E-state index in [4.69, 9.17) is 11.6 Å². The average Bonchev–Trinajstić information content (AvgIpc) is 3.04. The van der Waals surface area contributed by atoms with Crippen LogP contribution in [0.15, 0.2) is 52.3 Å². The predicted molar refractivity (Wildman–Crippen MR) is 113 cm³/mol. The number of carbonyl (C=O) groups excluding carboxylic acids is 1. The summed E-state index contributed by atoms with van der Waals surface area (Å²) in [6.07, 6.45) is 1.09. The molecule has 0 atom stereocenters. The van der Waals surface area contributed by atoms with Crippen LogP contribution >= 0.6 is 38.9 Å².